The van der Waals surface area contributed by atoms with Crippen molar-refractivity contribution in [2.24, 2.45) is 11.8 Å². The zero-order valence-electron chi connectivity index (χ0n) is 30.4. The number of carbonyl (C=O) groups is 5. The van der Waals surface area contributed by atoms with Gasteiger partial charge in [0.2, 0.25) is 17.7 Å². The Morgan fingerprint density at radius 3 is 2.20 bits per heavy atom. The van der Waals surface area contributed by atoms with Crippen LogP contribution in [0.1, 0.15) is 98.3 Å². The molecule has 5 amide bonds. The van der Waals surface area contributed by atoms with Crippen molar-refractivity contribution in [2.45, 2.75) is 78.0 Å². The number of rotatable bonds is 5. The number of halogens is 1. The Hall–Kier alpha value is -6.04. The van der Waals surface area contributed by atoms with E-state index >= 15 is 0 Å². The van der Waals surface area contributed by atoms with Gasteiger partial charge in [0.05, 0.1) is 34.0 Å². The molecule has 0 spiro atoms. The number of hydrogen-bond donors (Lipinski definition) is 1. The van der Waals surface area contributed by atoms with Crippen LogP contribution in [0.4, 0.5) is 0 Å². The van der Waals surface area contributed by atoms with Crippen LogP contribution in [0, 0.1) is 48.9 Å². The minimum absolute atomic E-state index is 0.0655. The first-order valence-corrected chi connectivity index (χ1v) is 18.9. The molecular formula is C43H37ClN6O5. The summed E-state index contributed by atoms with van der Waals surface area (Å²) in [4.78, 5) is 67.0. The fourth-order valence-corrected chi connectivity index (χ4v) is 8.36. The second-order valence-electron chi connectivity index (χ2n) is 14.8. The van der Waals surface area contributed by atoms with Crippen LogP contribution in [0.5, 0.6) is 0 Å². The van der Waals surface area contributed by atoms with Crippen LogP contribution in [-0.2, 0) is 34.0 Å². The molecule has 55 heavy (non-hydrogen) atoms. The fraction of sp³-hybridized carbons (Fsp3) is 0.326. The number of hydrogen-bond acceptors (Lipinski definition) is 7. The number of fused-ring (bicyclic) bond motifs is 2. The Morgan fingerprint density at radius 2 is 1.58 bits per heavy atom. The standard InChI is InChI=1S/C43H37ClN6O5/c1-24-25(2)49(47-39(24)30-13-14-31(20-45)36(44)19-30)21-28-7-5-26(6-8-28)3-4-27-9-11-29(12-10-27)41(53)48-22-32-17-34-35(18-33(32)23-48)43(55)50(42(34)54)37-15-16-38(51)46-40(37)52/h5-8,13-14,17-19,27,29,37H,9-12,15-16,21-23H2,1-2H3,(H,46,51,52)/t27-,29-,37?. The third-order valence-electron chi connectivity index (χ3n) is 11.4. The third-order valence-corrected chi connectivity index (χ3v) is 11.8. The molecule has 276 valence electrons. The molecule has 8 rings (SSSR count). The van der Waals surface area contributed by atoms with Gasteiger partial charge >= 0.3 is 0 Å². The lowest BCUT2D eigenvalue weighted by atomic mass is 9.81. The summed E-state index contributed by atoms with van der Waals surface area (Å²) < 4.78 is 1.98. The molecule has 0 radical (unpaired) electrons. The van der Waals surface area contributed by atoms with E-state index in [2.05, 4.69) is 35.4 Å². The molecule has 1 saturated heterocycles. The zero-order chi connectivity index (χ0) is 38.5. The number of nitrogens with one attached hydrogen (secondary N) is 1. The van der Waals surface area contributed by atoms with Gasteiger partial charge in [-0.25, -0.2) is 0 Å². The largest absolute Gasteiger partial charge is 0.334 e. The van der Waals surface area contributed by atoms with Gasteiger partial charge in [-0.1, -0.05) is 41.6 Å². The maximum Gasteiger partial charge on any atom is 0.262 e. The highest BCUT2D eigenvalue weighted by atomic mass is 35.5. The smallest absolute Gasteiger partial charge is 0.262 e. The summed E-state index contributed by atoms with van der Waals surface area (Å²) in [6.07, 6.45) is 3.33. The van der Waals surface area contributed by atoms with Crippen molar-refractivity contribution in [2.75, 3.05) is 0 Å². The monoisotopic (exact) mass is 752 g/mol. The van der Waals surface area contributed by atoms with E-state index in [1.165, 1.54) is 0 Å². The second kappa shape index (κ2) is 14.3. The average molecular weight is 753 g/mol. The van der Waals surface area contributed by atoms with Crippen molar-refractivity contribution < 1.29 is 24.0 Å². The molecule has 1 atom stereocenters. The van der Waals surface area contributed by atoms with Gasteiger partial charge in [0, 0.05) is 48.2 Å². The highest BCUT2D eigenvalue weighted by Gasteiger charge is 2.45. The number of imide groups is 2. The minimum atomic E-state index is -1.01. The molecule has 11 nitrogen and oxygen atoms in total. The Morgan fingerprint density at radius 1 is 0.909 bits per heavy atom. The summed E-state index contributed by atoms with van der Waals surface area (Å²) in [6, 6.07) is 18.0. The summed E-state index contributed by atoms with van der Waals surface area (Å²) >= 11 is 6.29. The highest BCUT2D eigenvalue weighted by molar-refractivity contribution is 6.32. The molecule has 2 fully saturated rings. The first kappa shape index (κ1) is 36.0. The van der Waals surface area contributed by atoms with Gasteiger partial charge in [0.1, 0.15) is 12.1 Å². The summed E-state index contributed by atoms with van der Waals surface area (Å²) in [7, 11) is 0. The van der Waals surface area contributed by atoms with Crippen molar-refractivity contribution in [3.05, 3.63) is 110 Å². The maximum absolute atomic E-state index is 13.6. The first-order valence-electron chi connectivity index (χ1n) is 18.5. The third kappa shape index (κ3) is 6.70. The van der Waals surface area contributed by atoms with E-state index in [4.69, 9.17) is 16.7 Å². The number of carbonyl (C=O) groups excluding carboxylic acids is 5. The summed E-state index contributed by atoms with van der Waals surface area (Å²) in [5.41, 5.74) is 8.43. The molecule has 1 aliphatic carbocycles. The summed E-state index contributed by atoms with van der Waals surface area (Å²) in [5.74, 6) is 4.81. The number of aromatic nitrogens is 2. The molecule has 4 aliphatic rings. The molecule has 4 heterocycles. The maximum atomic E-state index is 13.6. The van der Waals surface area contributed by atoms with Gasteiger partial charge in [-0.15, -0.1) is 0 Å². The first-order chi connectivity index (χ1) is 26.5. The highest BCUT2D eigenvalue weighted by Crippen LogP contribution is 2.36. The Bertz CT molecular complexity index is 2380. The molecule has 1 aromatic heterocycles. The van der Waals surface area contributed by atoms with E-state index in [1.807, 2.05) is 36.7 Å². The molecule has 3 aromatic carbocycles. The van der Waals surface area contributed by atoms with Crippen molar-refractivity contribution in [1.82, 2.24) is 24.9 Å². The summed E-state index contributed by atoms with van der Waals surface area (Å²) in [6.45, 7) is 5.41. The van der Waals surface area contributed by atoms with Crippen LogP contribution >= 0.6 is 11.6 Å². The van der Waals surface area contributed by atoms with Gasteiger partial charge in [0.25, 0.3) is 11.8 Å². The van der Waals surface area contributed by atoms with Crippen LogP contribution in [0.3, 0.4) is 0 Å². The van der Waals surface area contributed by atoms with Crippen molar-refractivity contribution in [3.63, 3.8) is 0 Å². The normalized spacial score (nSPS) is 20.4. The van der Waals surface area contributed by atoms with Gasteiger partial charge in [-0.05, 0) is 105 Å². The number of benzene rings is 3. The van der Waals surface area contributed by atoms with Gasteiger partial charge in [0.15, 0.2) is 0 Å². The Kier molecular flexibility index (Phi) is 9.36. The van der Waals surface area contributed by atoms with Crippen LogP contribution in [-0.4, -0.2) is 55.2 Å². The predicted molar refractivity (Wildman–Crippen MR) is 202 cm³/mol. The predicted octanol–water partition coefficient (Wildman–Crippen LogP) is 5.84. The molecule has 1 saturated carbocycles. The second-order valence-corrected chi connectivity index (χ2v) is 15.3. The van der Waals surface area contributed by atoms with Gasteiger partial charge in [-0.3, -0.25) is 38.9 Å². The number of nitrogens with zero attached hydrogens (tertiary/aromatic N) is 5. The molecule has 12 heteroatoms. The van der Waals surface area contributed by atoms with Crippen molar-refractivity contribution in [3.8, 4) is 29.2 Å². The SMILES string of the molecule is Cc1c(-c2ccc(C#N)c(Cl)c2)nn(Cc2ccc(C#C[C@H]3CC[C@H](C(=O)N4Cc5cc6c(cc5C4)C(=O)N(C4CCC(=O)NC4=O)C6=O)CC3)cc2)c1C. The average Bonchev–Trinajstić information content (AvgIpc) is 3.81. The molecule has 1 unspecified atom stereocenters. The lowest BCUT2D eigenvalue weighted by Gasteiger charge is -2.28. The molecule has 3 aliphatic heterocycles. The molecule has 0 bridgehead atoms. The minimum Gasteiger partial charge on any atom is -0.334 e. The van der Waals surface area contributed by atoms with E-state index < -0.39 is 29.7 Å². The Labute approximate surface area is 323 Å². The van der Waals surface area contributed by atoms with E-state index in [-0.39, 0.29) is 41.7 Å². The lowest BCUT2D eigenvalue weighted by Crippen LogP contribution is -2.54. The van der Waals surface area contributed by atoms with Crippen molar-refractivity contribution in [1.29, 1.82) is 5.26 Å². The van der Waals surface area contributed by atoms with E-state index in [0.29, 0.717) is 30.2 Å². The number of piperidine rings is 1. The van der Waals surface area contributed by atoms with E-state index in [0.717, 1.165) is 75.4 Å². The van der Waals surface area contributed by atoms with E-state index in [1.54, 1.807) is 29.2 Å². The molecule has 1 N–H and O–H groups in total. The van der Waals surface area contributed by atoms with Crippen LogP contribution in [0.15, 0.2) is 54.6 Å². The number of amides is 5. The van der Waals surface area contributed by atoms with E-state index in [9.17, 15) is 29.2 Å². The quantitative estimate of drug-likeness (QED) is 0.199. The van der Waals surface area contributed by atoms with Gasteiger partial charge < -0.3 is 4.90 Å². The van der Waals surface area contributed by atoms with Crippen LogP contribution in [0.25, 0.3) is 11.3 Å². The zero-order valence-corrected chi connectivity index (χ0v) is 31.2. The fourth-order valence-electron chi connectivity index (χ4n) is 8.14. The summed E-state index contributed by atoms with van der Waals surface area (Å²) in [5, 5.41) is 16.7. The molecule has 4 aromatic rings. The lowest BCUT2D eigenvalue weighted by molar-refractivity contribution is -0.138. The Balaban J connectivity index is 0.846. The van der Waals surface area contributed by atoms with Crippen LogP contribution in [0.2, 0.25) is 5.02 Å². The van der Waals surface area contributed by atoms with Crippen molar-refractivity contribution >= 4 is 41.1 Å². The molecular weight excluding hydrogens is 716 g/mol. The van der Waals surface area contributed by atoms with Crippen LogP contribution < -0.4 is 5.32 Å². The topological polar surface area (TPSA) is 145 Å². The van der Waals surface area contributed by atoms with Gasteiger partial charge in [-0.2, -0.15) is 10.4 Å². The number of nitriles is 1.